The van der Waals surface area contributed by atoms with E-state index in [1.54, 1.807) is 0 Å². The van der Waals surface area contributed by atoms with E-state index in [0.29, 0.717) is 12.1 Å². The number of hydrogen-bond acceptors (Lipinski definition) is 2. The van der Waals surface area contributed by atoms with Crippen LogP contribution < -0.4 is 0 Å². The summed E-state index contributed by atoms with van der Waals surface area (Å²) < 4.78 is 2.07. The van der Waals surface area contributed by atoms with Crippen molar-refractivity contribution in [3.63, 3.8) is 0 Å². The van der Waals surface area contributed by atoms with Crippen LogP contribution in [-0.4, -0.2) is 11.1 Å². The Hall–Kier alpha value is -2.44. The van der Waals surface area contributed by atoms with Crippen molar-refractivity contribution in [2.24, 2.45) is 5.11 Å². The van der Waals surface area contributed by atoms with E-state index in [-0.39, 0.29) is 0 Å². The number of hydrogen-bond donors (Lipinski definition) is 0. The SMILES string of the molecule is N#Cc1ccc2ccn(CCCN=[N+]=[N-])c2c1. The molecule has 0 saturated carbocycles. The maximum absolute atomic E-state index is 8.86. The summed E-state index contributed by atoms with van der Waals surface area (Å²) in [5, 5.41) is 13.5. The zero-order valence-electron chi connectivity index (χ0n) is 9.24. The minimum absolute atomic E-state index is 0.494. The molecule has 0 aliphatic heterocycles. The summed E-state index contributed by atoms with van der Waals surface area (Å²) in [5.41, 5.74) is 9.89. The maximum atomic E-state index is 8.86. The molecular formula is C12H11N5. The molecular weight excluding hydrogens is 214 g/mol. The Balaban J connectivity index is 2.22. The fraction of sp³-hybridized carbons (Fsp3) is 0.250. The zero-order valence-corrected chi connectivity index (χ0v) is 9.24. The monoisotopic (exact) mass is 225 g/mol. The summed E-state index contributed by atoms with van der Waals surface area (Å²) in [6, 6.07) is 9.78. The minimum atomic E-state index is 0.494. The summed E-state index contributed by atoms with van der Waals surface area (Å²) in [6.45, 7) is 1.28. The van der Waals surface area contributed by atoms with Crippen LogP contribution in [0.15, 0.2) is 35.6 Å². The van der Waals surface area contributed by atoms with Crippen LogP contribution in [0.5, 0.6) is 0 Å². The van der Waals surface area contributed by atoms with E-state index in [0.717, 1.165) is 23.9 Å². The summed E-state index contributed by atoms with van der Waals surface area (Å²) >= 11 is 0. The van der Waals surface area contributed by atoms with Crippen LogP contribution in [0.4, 0.5) is 0 Å². The molecule has 5 heteroatoms. The normalized spacial score (nSPS) is 9.82. The standard InChI is InChI=1S/C12H11N5/c13-9-10-2-3-11-4-7-17(12(11)8-10)6-1-5-15-16-14/h2-4,7-8H,1,5-6H2. The first-order valence-corrected chi connectivity index (χ1v) is 5.35. The Kier molecular flexibility index (Phi) is 3.29. The second-order valence-corrected chi connectivity index (χ2v) is 3.70. The highest BCUT2D eigenvalue weighted by atomic mass is 15.1. The molecule has 17 heavy (non-hydrogen) atoms. The van der Waals surface area contributed by atoms with Gasteiger partial charge in [0.05, 0.1) is 11.6 Å². The number of aromatic nitrogens is 1. The van der Waals surface area contributed by atoms with Gasteiger partial charge in [0.1, 0.15) is 0 Å². The molecule has 5 nitrogen and oxygen atoms in total. The third-order valence-corrected chi connectivity index (χ3v) is 2.62. The molecule has 0 atom stereocenters. The van der Waals surface area contributed by atoms with Gasteiger partial charge < -0.3 is 4.57 Å². The molecule has 0 aliphatic carbocycles. The van der Waals surface area contributed by atoms with Gasteiger partial charge in [0, 0.05) is 29.7 Å². The highest BCUT2D eigenvalue weighted by Crippen LogP contribution is 2.17. The fourth-order valence-corrected chi connectivity index (χ4v) is 1.80. The molecule has 0 amide bonds. The smallest absolute Gasteiger partial charge is 0.0992 e. The highest BCUT2D eigenvalue weighted by Gasteiger charge is 2.01. The van der Waals surface area contributed by atoms with Crippen molar-refractivity contribution in [2.75, 3.05) is 6.54 Å². The van der Waals surface area contributed by atoms with E-state index >= 15 is 0 Å². The van der Waals surface area contributed by atoms with E-state index in [1.807, 2.05) is 30.5 Å². The van der Waals surface area contributed by atoms with Crippen LogP contribution in [0.2, 0.25) is 0 Å². The predicted octanol–water partition coefficient (Wildman–Crippen LogP) is 3.21. The van der Waals surface area contributed by atoms with Crippen molar-refractivity contribution in [3.8, 4) is 6.07 Å². The number of fused-ring (bicyclic) bond motifs is 1. The number of rotatable bonds is 4. The first-order chi connectivity index (χ1) is 8.35. The van der Waals surface area contributed by atoms with Gasteiger partial charge in [-0.2, -0.15) is 5.26 Å². The van der Waals surface area contributed by atoms with Gasteiger partial charge in [-0.05, 0) is 35.5 Å². The number of azide groups is 1. The van der Waals surface area contributed by atoms with Gasteiger partial charge in [0.2, 0.25) is 0 Å². The lowest BCUT2D eigenvalue weighted by molar-refractivity contribution is 0.669. The van der Waals surface area contributed by atoms with Crippen molar-refractivity contribution in [2.45, 2.75) is 13.0 Å². The van der Waals surface area contributed by atoms with E-state index in [4.69, 9.17) is 10.8 Å². The Morgan fingerprint density at radius 3 is 3.06 bits per heavy atom. The summed E-state index contributed by atoms with van der Waals surface area (Å²) in [6.07, 6.45) is 2.78. The van der Waals surface area contributed by atoms with Crippen molar-refractivity contribution in [3.05, 3.63) is 46.5 Å². The minimum Gasteiger partial charge on any atom is -0.347 e. The predicted molar refractivity (Wildman–Crippen MR) is 65.3 cm³/mol. The van der Waals surface area contributed by atoms with Crippen LogP contribution >= 0.6 is 0 Å². The second kappa shape index (κ2) is 5.06. The Morgan fingerprint density at radius 2 is 2.29 bits per heavy atom. The van der Waals surface area contributed by atoms with Crippen LogP contribution in [0.1, 0.15) is 12.0 Å². The van der Waals surface area contributed by atoms with Crippen molar-refractivity contribution >= 4 is 10.9 Å². The molecule has 2 rings (SSSR count). The summed E-state index contributed by atoms with van der Waals surface area (Å²) in [4.78, 5) is 2.72. The fourth-order valence-electron chi connectivity index (χ4n) is 1.80. The van der Waals surface area contributed by atoms with Gasteiger partial charge in [0.25, 0.3) is 0 Å². The average Bonchev–Trinajstić information content (AvgIpc) is 2.77. The van der Waals surface area contributed by atoms with Crippen molar-refractivity contribution in [1.82, 2.24) is 4.57 Å². The molecule has 0 aliphatic rings. The van der Waals surface area contributed by atoms with E-state index in [2.05, 4.69) is 20.7 Å². The highest BCUT2D eigenvalue weighted by molar-refractivity contribution is 5.81. The maximum Gasteiger partial charge on any atom is 0.0992 e. The van der Waals surface area contributed by atoms with Crippen molar-refractivity contribution in [1.29, 1.82) is 5.26 Å². The molecule has 2 aromatic rings. The van der Waals surface area contributed by atoms with Crippen LogP contribution in [0.3, 0.4) is 0 Å². The topological polar surface area (TPSA) is 77.5 Å². The molecule has 1 aromatic carbocycles. The number of aryl methyl sites for hydroxylation is 1. The van der Waals surface area contributed by atoms with Gasteiger partial charge in [-0.25, -0.2) is 0 Å². The second-order valence-electron chi connectivity index (χ2n) is 3.70. The number of nitrogens with zero attached hydrogens (tertiary/aromatic N) is 5. The lowest BCUT2D eigenvalue weighted by Gasteiger charge is -2.03. The van der Waals surface area contributed by atoms with Gasteiger partial charge in [-0.3, -0.25) is 0 Å². The molecule has 0 fully saturated rings. The van der Waals surface area contributed by atoms with Gasteiger partial charge in [-0.15, -0.1) is 0 Å². The van der Waals surface area contributed by atoms with Crippen LogP contribution in [-0.2, 0) is 6.54 Å². The van der Waals surface area contributed by atoms with Crippen molar-refractivity contribution < 1.29 is 0 Å². The Bertz CT molecular complexity index is 613. The first-order valence-electron chi connectivity index (χ1n) is 5.35. The molecule has 1 heterocycles. The van der Waals surface area contributed by atoms with Gasteiger partial charge in [0.15, 0.2) is 0 Å². The molecule has 0 spiro atoms. The lowest BCUT2D eigenvalue weighted by atomic mass is 10.2. The van der Waals surface area contributed by atoms with E-state index in [1.165, 1.54) is 0 Å². The third-order valence-electron chi connectivity index (χ3n) is 2.62. The zero-order chi connectivity index (χ0) is 12.1. The third kappa shape index (κ3) is 2.39. The summed E-state index contributed by atoms with van der Waals surface area (Å²) in [7, 11) is 0. The summed E-state index contributed by atoms with van der Waals surface area (Å²) in [5.74, 6) is 0. The molecule has 0 bridgehead atoms. The molecule has 0 radical (unpaired) electrons. The van der Waals surface area contributed by atoms with E-state index < -0.39 is 0 Å². The molecule has 0 saturated heterocycles. The largest absolute Gasteiger partial charge is 0.347 e. The number of nitriles is 1. The van der Waals surface area contributed by atoms with Gasteiger partial charge in [-0.1, -0.05) is 11.2 Å². The van der Waals surface area contributed by atoms with Gasteiger partial charge >= 0.3 is 0 Å². The van der Waals surface area contributed by atoms with Crippen LogP contribution in [0, 0.1) is 11.3 Å². The Morgan fingerprint density at radius 1 is 1.41 bits per heavy atom. The number of benzene rings is 1. The molecule has 84 valence electrons. The molecule has 1 aromatic heterocycles. The quantitative estimate of drug-likeness (QED) is 0.340. The molecule has 0 unspecified atom stereocenters. The van der Waals surface area contributed by atoms with E-state index in [9.17, 15) is 0 Å². The lowest BCUT2D eigenvalue weighted by Crippen LogP contribution is -1.97. The first kappa shape index (κ1) is 11.1. The Labute approximate surface area is 98.5 Å². The van der Waals surface area contributed by atoms with Crippen LogP contribution in [0.25, 0.3) is 21.3 Å². The molecule has 0 N–H and O–H groups in total. The average molecular weight is 225 g/mol.